The Morgan fingerprint density at radius 3 is 2.64 bits per heavy atom. The van der Waals surface area contributed by atoms with E-state index in [4.69, 9.17) is 9.47 Å². The monoisotopic (exact) mass is 321 g/mol. The van der Waals surface area contributed by atoms with E-state index < -0.39 is 0 Å². The van der Waals surface area contributed by atoms with Crippen LogP contribution in [-0.4, -0.2) is 23.9 Å². The van der Waals surface area contributed by atoms with Gasteiger partial charge in [0.2, 0.25) is 0 Å². The topological polar surface area (TPSA) is 64.6 Å². The van der Waals surface area contributed by atoms with E-state index in [-0.39, 0.29) is 17.3 Å². The van der Waals surface area contributed by atoms with Crippen LogP contribution < -0.4 is 14.8 Å². The van der Waals surface area contributed by atoms with E-state index in [1.807, 2.05) is 32.0 Å². The minimum Gasteiger partial charge on any atom is -0.490 e. The molecule has 1 aromatic rings. The molecule has 0 aromatic heterocycles. The third kappa shape index (κ3) is 4.04. The smallest absolute Gasteiger partial charge is 0.290 e. The summed E-state index contributed by atoms with van der Waals surface area (Å²) in [5, 5.41) is 1.88. The lowest BCUT2D eigenvalue weighted by molar-refractivity contribution is -0.115. The first kappa shape index (κ1) is 16.4. The molecule has 6 heteroatoms. The minimum absolute atomic E-state index is 0.0946. The summed E-state index contributed by atoms with van der Waals surface area (Å²) >= 11 is 0.896. The number of carbonyl (C=O) groups excluding carboxylic acids is 2. The standard InChI is InChI=1S/C16H19NO4S/c1-4-10(3)21-12-7-6-11(8-13(12)20-5-2)9-14-15(18)17-16(19)22-14/h6-10H,4-5H2,1-3H3,(H,17,18,19)/b14-9+/t10-/m1/s1. The van der Waals surface area contributed by atoms with Crippen molar-refractivity contribution >= 4 is 29.0 Å². The van der Waals surface area contributed by atoms with Crippen LogP contribution in [0.1, 0.15) is 32.8 Å². The third-order valence-corrected chi connectivity index (χ3v) is 3.92. The number of amides is 2. The lowest BCUT2D eigenvalue weighted by atomic mass is 10.1. The van der Waals surface area contributed by atoms with Crippen LogP contribution in [0.2, 0.25) is 0 Å². The summed E-state index contributed by atoms with van der Waals surface area (Å²) in [6, 6.07) is 5.47. The molecule has 5 nitrogen and oxygen atoms in total. The lowest BCUT2D eigenvalue weighted by Gasteiger charge is -2.16. The van der Waals surface area contributed by atoms with Crippen molar-refractivity contribution in [3.63, 3.8) is 0 Å². The van der Waals surface area contributed by atoms with Gasteiger partial charge in [0.1, 0.15) is 0 Å². The van der Waals surface area contributed by atoms with E-state index in [1.54, 1.807) is 6.08 Å². The molecule has 22 heavy (non-hydrogen) atoms. The Kier molecular flexibility index (Phi) is 5.49. The Hall–Kier alpha value is -1.95. The predicted molar refractivity (Wildman–Crippen MR) is 87.1 cm³/mol. The van der Waals surface area contributed by atoms with Crippen molar-refractivity contribution < 1.29 is 19.1 Å². The first-order valence-electron chi connectivity index (χ1n) is 7.21. The van der Waals surface area contributed by atoms with Crippen molar-refractivity contribution in [1.29, 1.82) is 0 Å². The van der Waals surface area contributed by atoms with Crippen LogP contribution in [0.25, 0.3) is 6.08 Å². The molecule has 0 bridgehead atoms. The fraction of sp³-hybridized carbons (Fsp3) is 0.375. The van der Waals surface area contributed by atoms with E-state index in [2.05, 4.69) is 12.2 Å². The van der Waals surface area contributed by atoms with E-state index in [9.17, 15) is 9.59 Å². The highest BCUT2D eigenvalue weighted by atomic mass is 32.2. The molecule has 1 heterocycles. The Labute approximate surface area is 134 Å². The van der Waals surface area contributed by atoms with Gasteiger partial charge in [0, 0.05) is 0 Å². The SMILES string of the molecule is CCOc1cc(/C=C2/SC(=O)NC2=O)ccc1O[C@H](C)CC. The van der Waals surface area contributed by atoms with E-state index >= 15 is 0 Å². The number of thioether (sulfide) groups is 1. The number of rotatable bonds is 6. The summed E-state index contributed by atoms with van der Waals surface area (Å²) in [7, 11) is 0. The van der Waals surface area contributed by atoms with Crippen molar-refractivity contribution in [1.82, 2.24) is 5.32 Å². The van der Waals surface area contributed by atoms with Gasteiger partial charge in [-0.15, -0.1) is 0 Å². The summed E-state index contributed by atoms with van der Waals surface area (Å²) in [6.07, 6.45) is 2.66. The minimum atomic E-state index is -0.368. The van der Waals surface area contributed by atoms with Gasteiger partial charge in [-0.3, -0.25) is 14.9 Å². The van der Waals surface area contributed by atoms with Crippen LogP contribution >= 0.6 is 11.8 Å². The second kappa shape index (κ2) is 7.35. The van der Waals surface area contributed by atoms with Gasteiger partial charge in [-0.05, 0) is 55.8 Å². The molecule has 118 valence electrons. The first-order chi connectivity index (χ1) is 10.5. The summed E-state index contributed by atoms with van der Waals surface area (Å²) in [4.78, 5) is 23.1. The molecule has 1 N–H and O–H groups in total. The number of benzene rings is 1. The number of hydrogen-bond acceptors (Lipinski definition) is 5. The van der Waals surface area contributed by atoms with E-state index in [0.29, 0.717) is 23.0 Å². The zero-order chi connectivity index (χ0) is 16.1. The quantitative estimate of drug-likeness (QED) is 0.811. The largest absolute Gasteiger partial charge is 0.490 e. The number of carbonyl (C=O) groups is 2. The molecule has 1 aliphatic heterocycles. The van der Waals surface area contributed by atoms with E-state index in [1.165, 1.54) is 0 Å². The van der Waals surface area contributed by atoms with Crippen LogP contribution in [0, 0.1) is 0 Å². The molecule has 1 aliphatic rings. The summed E-state index contributed by atoms with van der Waals surface area (Å²) < 4.78 is 11.4. The van der Waals surface area contributed by atoms with Crippen LogP contribution in [0.15, 0.2) is 23.1 Å². The average molecular weight is 321 g/mol. The molecule has 2 amide bonds. The van der Waals surface area contributed by atoms with Gasteiger partial charge >= 0.3 is 0 Å². The zero-order valence-corrected chi connectivity index (χ0v) is 13.7. The highest BCUT2D eigenvalue weighted by Crippen LogP contribution is 2.32. The molecule has 1 aromatic carbocycles. The second-order valence-electron chi connectivity index (χ2n) is 4.83. The second-order valence-corrected chi connectivity index (χ2v) is 5.84. The van der Waals surface area contributed by atoms with Crippen LogP contribution in [0.4, 0.5) is 4.79 Å². The molecule has 0 radical (unpaired) electrons. The van der Waals surface area contributed by atoms with Gasteiger partial charge in [0.05, 0.1) is 17.6 Å². The number of hydrogen-bond donors (Lipinski definition) is 1. The predicted octanol–water partition coefficient (Wildman–Crippen LogP) is 3.59. The average Bonchev–Trinajstić information content (AvgIpc) is 2.79. The molecular weight excluding hydrogens is 302 g/mol. The highest BCUT2D eigenvalue weighted by Gasteiger charge is 2.25. The van der Waals surface area contributed by atoms with Gasteiger partial charge in [-0.2, -0.15) is 0 Å². The van der Waals surface area contributed by atoms with Crippen LogP contribution in [-0.2, 0) is 4.79 Å². The maximum absolute atomic E-state index is 11.6. The van der Waals surface area contributed by atoms with Gasteiger partial charge < -0.3 is 9.47 Å². The van der Waals surface area contributed by atoms with Crippen molar-refractivity contribution in [2.24, 2.45) is 0 Å². The summed E-state index contributed by atoms with van der Waals surface area (Å²) in [6.45, 7) is 6.47. The molecule has 1 atom stereocenters. The Balaban J connectivity index is 2.27. The van der Waals surface area contributed by atoms with Crippen molar-refractivity contribution in [2.45, 2.75) is 33.3 Å². The number of imide groups is 1. The molecule has 2 rings (SSSR count). The van der Waals surface area contributed by atoms with Gasteiger partial charge in [-0.25, -0.2) is 0 Å². The summed E-state index contributed by atoms with van der Waals surface area (Å²) in [5.74, 6) is 0.942. The van der Waals surface area contributed by atoms with Gasteiger partial charge in [-0.1, -0.05) is 13.0 Å². The van der Waals surface area contributed by atoms with E-state index in [0.717, 1.165) is 23.7 Å². The Bertz CT molecular complexity index is 612. The fourth-order valence-corrected chi connectivity index (χ4v) is 2.53. The van der Waals surface area contributed by atoms with Crippen molar-refractivity contribution in [2.75, 3.05) is 6.61 Å². The Morgan fingerprint density at radius 2 is 2.05 bits per heavy atom. The maximum Gasteiger partial charge on any atom is 0.290 e. The zero-order valence-electron chi connectivity index (χ0n) is 12.8. The molecule has 0 unspecified atom stereocenters. The van der Waals surface area contributed by atoms with Gasteiger partial charge in [0.15, 0.2) is 11.5 Å². The first-order valence-corrected chi connectivity index (χ1v) is 8.03. The molecule has 0 aliphatic carbocycles. The third-order valence-electron chi connectivity index (χ3n) is 3.11. The fourth-order valence-electron chi connectivity index (χ4n) is 1.85. The highest BCUT2D eigenvalue weighted by molar-refractivity contribution is 8.18. The Morgan fingerprint density at radius 1 is 1.27 bits per heavy atom. The van der Waals surface area contributed by atoms with Gasteiger partial charge in [0.25, 0.3) is 11.1 Å². The molecule has 1 fully saturated rings. The summed E-state index contributed by atoms with van der Waals surface area (Å²) in [5.41, 5.74) is 0.785. The normalized spacial score (nSPS) is 17.5. The lowest BCUT2D eigenvalue weighted by Crippen LogP contribution is -2.17. The van der Waals surface area contributed by atoms with Crippen molar-refractivity contribution in [3.05, 3.63) is 28.7 Å². The van der Waals surface area contributed by atoms with Crippen LogP contribution in [0.5, 0.6) is 11.5 Å². The number of ether oxygens (including phenoxy) is 2. The molecule has 1 saturated heterocycles. The maximum atomic E-state index is 11.6. The molecular formula is C16H19NO4S. The van der Waals surface area contributed by atoms with Crippen LogP contribution in [0.3, 0.4) is 0 Å². The number of nitrogens with one attached hydrogen (secondary N) is 1. The molecule has 0 saturated carbocycles. The molecule has 0 spiro atoms. The van der Waals surface area contributed by atoms with Crippen molar-refractivity contribution in [3.8, 4) is 11.5 Å².